The molecule has 0 bridgehead atoms. The van der Waals surface area contributed by atoms with Crippen LogP contribution in [0, 0.1) is 10.1 Å². The van der Waals surface area contributed by atoms with Gasteiger partial charge in [-0.05, 0) is 31.9 Å². The Morgan fingerprint density at radius 3 is 2.58 bits per heavy atom. The molecule has 1 amide bonds. The summed E-state index contributed by atoms with van der Waals surface area (Å²) in [5.74, 6) is -0.908. The number of carbonyl (C=O) groups is 2. The molecule has 3 rings (SSSR count). The molecule has 0 saturated heterocycles. The maximum absolute atomic E-state index is 13.1. The predicted octanol–water partition coefficient (Wildman–Crippen LogP) is 3.21. The third kappa shape index (κ3) is 3.00. The maximum atomic E-state index is 13.1. The molecule has 0 aromatic heterocycles. The van der Waals surface area contributed by atoms with E-state index in [1.807, 2.05) is 0 Å². The lowest BCUT2D eigenvalue weighted by Crippen LogP contribution is -2.34. The number of nitrogens with zero attached hydrogens (tertiary/aromatic N) is 2. The minimum atomic E-state index is -0.610. The summed E-state index contributed by atoms with van der Waals surface area (Å²) in [6.07, 6.45) is 5.27. The van der Waals surface area contributed by atoms with Crippen molar-refractivity contribution in [3.63, 3.8) is 0 Å². The quantitative estimate of drug-likeness (QED) is 0.358. The Morgan fingerprint density at radius 2 is 1.96 bits per heavy atom. The zero-order chi connectivity index (χ0) is 18.8. The largest absolute Gasteiger partial charge is 0.465 e. The van der Waals surface area contributed by atoms with E-state index in [9.17, 15) is 19.7 Å². The summed E-state index contributed by atoms with van der Waals surface area (Å²) in [7, 11) is 1.26. The molecule has 0 unspecified atom stereocenters. The van der Waals surface area contributed by atoms with E-state index in [0.29, 0.717) is 5.70 Å². The average molecular weight is 356 g/mol. The van der Waals surface area contributed by atoms with Gasteiger partial charge in [-0.1, -0.05) is 25.0 Å². The summed E-state index contributed by atoms with van der Waals surface area (Å²) in [4.78, 5) is 37.8. The number of amides is 1. The van der Waals surface area contributed by atoms with Crippen molar-refractivity contribution in [3.05, 3.63) is 56.8 Å². The van der Waals surface area contributed by atoms with E-state index in [1.54, 1.807) is 30.0 Å². The molecular weight excluding hydrogens is 336 g/mol. The number of rotatable bonds is 4. The lowest BCUT2D eigenvalue weighted by Gasteiger charge is -2.25. The van der Waals surface area contributed by atoms with E-state index in [1.165, 1.54) is 19.3 Å². The highest BCUT2D eigenvalue weighted by atomic mass is 16.6. The first-order valence-electron chi connectivity index (χ1n) is 8.54. The van der Waals surface area contributed by atoms with Crippen molar-refractivity contribution in [3.8, 4) is 0 Å². The Labute approximate surface area is 151 Å². The Balaban J connectivity index is 2.12. The SMILES string of the molecule is COC(=O)C1=C(C)N(C2CCCC2)C(=O)C1=Cc1ccccc1[N+](=O)[O-]. The van der Waals surface area contributed by atoms with E-state index in [4.69, 9.17) is 4.74 Å². The van der Waals surface area contributed by atoms with Gasteiger partial charge in [0.1, 0.15) is 0 Å². The van der Waals surface area contributed by atoms with Crippen molar-refractivity contribution >= 4 is 23.6 Å². The van der Waals surface area contributed by atoms with Gasteiger partial charge < -0.3 is 9.64 Å². The highest BCUT2D eigenvalue weighted by molar-refractivity contribution is 6.16. The number of para-hydroxylation sites is 1. The lowest BCUT2D eigenvalue weighted by molar-refractivity contribution is -0.385. The number of hydrogen-bond donors (Lipinski definition) is 0. The topological polar surface area (TPSA) is 89.8 Å². The van der Waals surface area contributed by atoms with Crippen molar-refractivity contribution in [2.75, 3.05) is 7.11 Å². The molecule has 1 aliphatic heterocycles. The lowest BCUT2D eigenvalue weighted by atomic mass is 10.0. The molecule has 0 radical (unpaired) electrons. The zero-order valence-electron chi connectivity index (χ0n) is 14.7. The van der Waals surface area contributed by atoms with Crippen LogP contribution >= 0.6 is 0 Å². The van der Waals surface area contributed by atoms with Crippen LogP contribution in [0.15, 0.2) is 41.1 Å². The van der Waals surface area contributed by atoms with Gasteiger partial charge in [0.2, 0.25) is 0 Å². The molecule has 2 aliphatic rings. The first kappa shape index (κ1) is 17.8. The van der Waals surface area contributed by atoms with Crippen molar-refractivity contribution in [1.82, 2.24) is 4.90 Å². The Hall–Kier alpha value is -2.96. The fourth-order valence-electron chi connectivity index (χ4n) is 3.73. The van der Waals surface area contributed by atoms with Gasteiger partial charge in [-0.2, -0.15) is 0 Å². The third-order valence-electron chi connectivity index (χ3n) is 4.95. The molecule has 7 nitrogen and oxygen atoms in total. The van der Waals surface area contributed by atoms with E-state index >= 15 is 0 Å². The summed E-state index contributed by atoms with van der Waals surface area (Å²) < 4.78 is 4.86. The van der Waals surface area contributed by atoms with Crippen LogP contribution in [0.5, 0.6) is 0 Å². The fraction of sp³-hybridized carbons (Fsp3) is 0.368. The number of methoxy groups -OCH3 is 1. The number of esters is 1. The van der Waals surface area contributed by atoms with Crippen LogP contribution in [0.4, 0.5) is 5.69 Å². The summed E-state index contributed by atoms with van der Waals surface area (Å²) in [6, 6.07) is 6.19. The van der Waals surface area contributed by atoms with Crippen LogP contribution in [0.3, 0.4) is 0 Å². The second-order valence-corrected chi connectivity index (χ2v) is 6.44. The van der Waals surface area contributed by atoms with Gasteiger partial charge in [-0.15, -0.1) is 0 Å². The normalized spacial score (nSPS) is 19.5. The van der Waals surface area contributed by atoms with Gasteiger partial charge in [0.25, 0.3) is 11.6 Å². The molecule has 1 fully saturated rings. The standard InChI is InChI=1S/C19H20N2O5/c1-12-17(19(23)26-2)15(18(22)20(12)14-8-4-5-9-14)11-13-7-3-6-10-16(13)21(24)25/h3,6-7,10-11,14H,4-5,8-9H2,1-2H3. The van der Waals surface area contributed by atoms with Crippen molar-refractivity contribution in [2.45, 2.75) is 38.6 Å². The number of nitro benzene ring substituents is 1. The fourth-order valence-corrected chi connectivity index (χ4v) is 3.73. The van der Waals surface area contributed by atoms with Crippen LogP contribution < -0.4 is 0 Å². The number of nitro groups is 1. The van der Waals surface area contributed by atoms with E-state index < -0.39 is 10.9 Å². The molecule has 1 saturated carbocycles. The Bertz CT molecular complexity index is 834. The first-order chi connectivity index (χ1) is 12.5. The molecule has 1 aliphatic carbocycles. The molecule has 136 valence electrons. The molecule has 1 aromatic carbocycles. The molecule has 0 spiro atoms. The van der Waals surface area contributed by atoms with Gasteiger partial charge >= 0.3 is 5.97 Å². The van der Waals surface area contributed by atoms with Crippen LogP contribution in [0.1, 0.15) is 38.2 Å². The Morgan fingerprint density at radius 1 is 1.31 bits per heavy atom. The number of ether oxygens (including phenoxy) is 1. The van der Waals surface area contributed by atoms with Crippen molar-refractivity contribution < 1.29 is 19.2 Å². The molecule has 0 N–H and O–H groups in total. The number of benzene rings is 1. The second-order valence-electron chi connectivity index (χ2n) is 6.44. The van der Waals surface area contributed by atoms with Gasteiger partial charge in [-0.3, -0.25) is 14.9 Å². The van der Waals surface area contributed by atoms with Crippen LogP contribution in [-0.2, 0) is 14.3 Å². The van der Waals surface area contributed by atoms with E-state index in [-0.39, 0.29) is 34.3 Å². The molecule has 1 heterocycles. The first-order valence-corrected chi connectivity index (χ1v) is 8.54. The maximum Gasteiger partial charge on any atom is 0.340 e. The van der Waals surface area contributed by atoms with Crippen LogP contribution in [-0.4, -0.2) is 34.9 Å². The highest BCUT2D eigenvalue weighted by Gasteiger charge is 2.41. The number of allylic oxidation sites excluding steroid dienone is 1. The van der Waals surface area contributed by atoms with Crippen LogP contribution in [0.25, 0.3) is 6.08 Å². The van der Waals surface area contributed by atoms with Gasteiger partial charge in [0.15, 0.2) is 0 Å². The zero-order valence-corrected chi connectivity index (χ0v) is 14.7. The molecule has 1 aromatic rings. The highest BCUT2D eigenvalue weighted by Crippen LogP contribution is 2.38. The van der Waals surface area contributed by atoms with Crippen molar-refractivity contribution in [2.24, 2.45) is 0 Å². The van der Waals surface area contributed by atoms with Crippen LogP contribution in [0.2, 0.25) is 0 Å². The summed E-state index contributed by atoms with van der Waals surface area (Å²) in [5, 5.41) is 11.3. The number of hydrogen-bond acceptors (Lipinski definition) is 5. The minimum Gasteiger partial charge on any atom is -0.465 e. The molecular formula is C19H20N2O5. The summed E-state index contributed by atoms with van der Waals surface area (Å²) in [5.41, 5.74) is 1.05. The molecule has 0 atom stereocenters. The molecule has 26 heavy (non-hydrogen) atoms. The Kier molecular flexibility index (Phi) is 4.88. The van der Waals surface area contributed by atoms with Crippen molar-refractivity contribution in [1.29, 1.82) is 0 Å². The monoisotopic (exact) mass is 356 g/mol. The minimum absolute atomic E-state index is 0.0545. The van der Waals surface area contributed by atoms with E-state index in [2.05, 4.69) is 0 Å². The van der Waals surface area contributed by atoms with Gasteiger partial charge in [-0.25, -0.2) is 4.79 Å². The van der Waals surface area contributed by atoms with E-state index in [0.717, 1.165) is 25.7 Å². The summed E-state index contributed by atoms with van der Waals surface area (Å²) in [6.45, 7) is 1.72. The second kappa shape index (κ2) is 7.11. The van der Waals surface area contributed by atoms with Gasteiger partial charge in [0.05, 0.1) is 28.7 Å². The number of carbonyl (C=O) groups excluding carboxylic acids is 2. The molecule has 7 heteroatoms. The van der Waals surface area contributed by atoms with Gasteiger partial charge in [0, 0.05) is 17.8 Å². The predicted molar refractivity (Wildman–Crippen MR) is 94.9 cm³/mol. The summed E-state index contributed by atoms with van der Waals surface area (Å²) >= 11 is 0. The average Bonchev–Trinajstić information content (AvgIpc) is 3.22. The third-order valence-corrected chi connectivity index (χ3v) is 4.95. The smallest absolute Gasteiger partial charge is 0.340 e.